The lowest BCUT2D eigenvalue weighted by molar-refractivity contribution is -0.123. The summed E-state index contributed by atoms with van der Waals surface area (Å²) >= 11 is 0. The van der Waals surface area contributed by atoms with Gasteiger partial charge in [0.25, 0.3) is 0 Å². The topological polar surface area (TPSA) is 92.1 Å². The largest absolute Gasteiger partial charge is 0.346 e. The van der Waals surface area contributed by atoms with E-state index in [0.29, 0.717) is 18.1 Å². The van der Waals surface area contributed by atoms with Crippen LogP contribution in [0.4, 0.5) is 0 Å². The first-order valence-corrected chi connectivity index (χ1v) is 6.93. The van der Waals surface area contributed by atoms with Crippen molar-refractivity contribution in [2.75, 3.05) is 6.54 Å². The molecule has 7 nitrogen and oxygen atoms in total. The first-order chi connectivity index (χ1) is 10.3. The molecule has 0 saturated carbocycles. The molecule has 3 rings (SSSR count). The molecule has 0 bridgehead atoms. The van der Waals surface area contributed by atoms with E-state index in [0.717, 1.165) is 18.5 Å². The van der Waals surface area contributed by atoms with E-state index in [1.165, 1.54) is 0 Å². The minimum absolute atomic E-state index is 0.0668. The van der Waals surface area contributed by atoms with Gasteiger partial charge < -0.3 is 9.84 Å². The molecule has 1 fully saturated rings. The normalized spacial score (nSPS) is 17.8. The molecular weight excluding hydrogens is 270 g/mol. The number of nitrogens with one attached hydrogen (secondary N) is 3. The van der Waals surface area contributed by atoms with Crippen molar-refractivity contribution in [2.45, 2.75) is 25.4 Å². The molecule has 1 atom stereocenters. The van der Waals surface area contributed by atoms with Crippen molar-refractivity contribution < 1.29 is 9.32 Å². The van der Waals surface area contributed by atoms with Crippen LogP contribution in [-0.2, 0) is 17.8 Å². The van der Waals surface area contributed by atoms with E-state index < -0.39 is 0 Å². The highest BCUT2D eigenvalue weighted by atomic mass is 16.5. The third-order valence-electron chi connectivity index (χ3n) is 3.28. The molecule has 1 saturated heterocycles. The van der Waals surface area contributed by atoms with Crippen LogP contribution in [0.3, 0.4) is 0 Å². The van der Waals surface area contributed by atoms with Gasteiger partial charge in [-0.25, -0.2) is 5.43 Å². The van der Waals surface area contributed by atoms with Gasteiger partial charge in [-0.15, -0.1) is 0 Å². The lowest BCUT2D eigenvalue weighted by Gasteiger charge is -2.08. The van der Waals surface area contributed by atoms with E-state index in [2.05, 4.69) is 26.3 Å². The molecule has 21 heavy (non-hydrogen) atoms. The number of nitrogens with zero attached hydrogens (tertiary/aromatic N) is 2. The van der Waals surface area contributed by atoms with Crippen LogP contribution in [-0.4, -0.2) is 28.6 Å². The summed E-state index contributed by atoms with van der Waals surface area (Å²) in [6.45, 7) is 1.04. The summed E-state index contributed by atoms with van der Waals surface area (Å²) in [5.74, 6) is 0.967. The zero-order valence-corrected chi connectivity index (χ0v) is 11.5. The van der Waals surface area contributed by atoms with Gasteiger partial charge in [0.2, 0.25) is 11.8 Å². The summed E-state index contributed by atoms with van der Waals surface area (Å²) in [5, 5.41) is 6.70. The average molecular weight is 287 g/mol. The standard InChI is InChI=1S/C14H17N5O2/c20-14(11-6-7-16-18-11)15-9-13-17-12(19-21-13)8-10-4-2-1-3-5-10/h1-5,11,16,18H,6-9H2,(H,15,20). The molecule has 1 unspecified atom stereocenters. The van der Waals surface area contributed by atoms with Gasteiger partial charge >= 0.3 is 0 Å². The number of hydrogen-bond donors (Lipinski definition) is 3. The van der Waals surface area contributed by atoms with Gasteiger partial charge in [-0.05, 0) is 12.0 Å². The highest BCUT2D eigenvalue weighted by Crippen LogP contribution is 2.06. The summed E-state index contributed by atoms with van der Waals surface area (Å²) in [5.41, 5.74) is 6.94. The van der Waals surface area contributed by atoms with E-state index in [-0.39, 0.29) is 18.5 Å². The van der Waals surface area contributed by atoms with Crippen molar-refractivity contribution >= 4 is 5.91 Å². The van der Waals surface area contributed by atoms with Crippen molar-refractivity contribution in [3.63, 3.8) is 0 Å². The van der Waals surface area contributed by atoms with Crippen LogP contribution >= 0.6 is 0 Å². The van der Waals surface area contributed by atoms with Crippen molar-refractivity contribution in [1.82, 2.24) is 26.3 Å². The van der Waals surface area contributed by atoms with Crippen molar-refractivity contribution in [3.05, 3.63) is 47.6 Å². The van der Waals surface area contributed by atoms with E-state index in [9.17, 15) is 4.79 Å². The van der Waals surface area contributed by atoms with Crippen LogP contribution in [0.15, 0.2) is 34.9 Å². The molecule has 7 heteroatoms. The fourth-order valence-electron chi connectivity index (χ4n) is 2.18. The van der Waals surface area contributed by atoms with Gasteiger partial charge in [-0.2, -0.15) is 4.98 Å². The zero-order chi connectivity index (χ0) is 14.5. The number of rotatable bonds is 5. The molecule has 0 aliphatic carbocycles. The van der Waals surface area contributed by atoms with Crippen LogP contribution in [0, 0.1) is 0 Å². The van der Waals surface area contributed by atoms with E-state index in [4.69, 9.17) is 4.52 Å². The quantitative estimate of drug-likeness (QED) is 0.724. The second-order valence-electron chi connectivity index (χ2n) is 4.90. The molecule has 2 heterocycles. The highest BCUT2D eigenvalue weighted by molar-refractivity contribution is 5.81. The first kappa shape index (κ1) is 13.7. The Hall–Kier alpha value is -2.25. The number of hydrazine groups is 1. The number of carbonyl (C=O) groups is 1. The summed E-state index contributed by atoms with van der Waals surface area (Å²) in [6, 6.07) is 9.73. The maximum Gasteiger partial charge on any atom is 0.246 e. The second-order valence-corrected chi connectivity index (χ2v) is 4.90. The van der Waals surface area contributed by atoms with E-state index in [1.807, 2.05) is 30.3 Å². The molecule has 0 radical (unpaired) electrons. The van der Waals surface area contributed by atoms with Crippen LogP contribution in [0.25, 0.3) is 0 Å². The molecule has 0 spiro atoms. The summed E-state index contributed by atoms with van der Waals surface area (Å²) in [4.78, 5) is 16.1. The maximum atomic E-state index is 11.8. The number of amides is 1. The van der Waals surface area contributed by atoms with Gasteiger partial charge in [0.1, 0.15) is 6.04 Å². The highest BCUT2D eigenvalue weighted by Gasteiger charge is 2.22. The molecule has 1 aliphatic rings. The Morgan fingerprint density at radius 1 is 1.38 bits per heavy atom. The van der Waals surface area contributed by atoms with Crippen molar-refractivity contribution in [3.8, 4) is 0 Å². The Kier molecular flexibility index (Phi) is 4.23. The molecule has 1 aliphatic heterocycles. The molecular formula is C14H17N5O2. The predicted octanol–water partition coefficient (Wildman–Crippen LogP) is 0.143. The third-order valence-corrected chi connectivity index (χ3v) is 3.28. The summed E-state index contributed by atoms with van der Waals surface area (Å²) < 4.78 is 5.14. The lowest BCUT2D eigenvalue weighted by atomic mass is 10.1. The molecule has 2 aromatic rings. The minimum Gasteiger partial charge on any atom is -0.346 e. The van der Waals surface area contributed by atoms with Crippen LogP contribution in [0.1, 0.15) is 23.7 Å². The Morgan fingerprint density at radius 3 is 3.00 bits per heavy atom. The first-order valence-electron chi connectivity index (χ1n) is 6.93. The molecule has 1 amide bonds. The van der Waals surface area contributed by atoms with Gasteiger partial charge in [-0.1, -0.05) is 35.5 Å². The van der Waals surface area contributed by atoms with Crippen LogP contribution in [0.5, 0.6) is 0 Å². The monoisotopic (exact) mass is 287 g/mol. The number of benzene rings is 1. The number of hydrogen-bond acceptors (Lipinski definition) is 6. The Bertz CT molecular complexity index is 592. The van der Waals surface area contributed by atoms with E-state index in [1.54, 1.807) is 0 Å². The van der Waals surface area contributed by atoms with Crippen LogP contribution < -0.4 is 16.2 Å². The fraction of sp³-hybridized carbons (Fsp3) is 0.357. The van der Waals surface area contributed by atoms with Crippen molar-refractivity contribution in [1.29, 1.82) is 0 Å². The van der Waals surface area contributed by atoms with Crippen LogP contribution in [0.2, 0.25) is 0 Å². The zero-order valence-electron chi connectivity index (χ0n) is 11.5. The Balaban J connectivity index is 1.52. The molecule has 1 aromatic carbocycles. The smallest absolute Gasteiger partial charge is 0.246 e. The molecule has 1 aromatic heterocycles. The van der Waals surface area contributed by atoms with E-state index >= 15 is 0 Å². The minimum atomic E-state index is -0.197. The molecule has 110 valence electrons. The number of carbonyl (C=O) groups excluding carboxylic acids is 1. The Morgan fingerprint density at radius 2 is 2.24 bits per heavy atom. The SMILES string of the molecule is O=C(NCc1nc(Cc2ccccc2)no1)C1CCNN1. The molecule has 3 N–H and O–H groups in total. The van der Waals surface area contributed by atoms with Gasteiger partial charge in [0.15, 0.2) is 5.82 Å². The Labute approximate surface area is 122 Å². The second kappa shape index (κ2) is 6.47. The van der Waals surface area contributed by atoms with Gasteiger partial charge in [0.05, 0.1) is 6.54 Å². The average Bonchev–Trinajstić information content (AvgIpc) is 3.17. The van der Waals surface area contributed by atoms with Crippen molar-refractivity contribution in [2.24, 2.45) is 0 Å². The fourth-order valence-corrected chi connectivity index (χ4v) is 2.18. The summed E-state index contributed by atoms with van der Waals surface area (Å²) in [6.07, 6.45) is 1.39. The third kappa shape index (κ3) is 3.65. The number of aromatic nitrogens is 2. The maximum absolute atomic E-state index is 11.8. The summed E-state index contributed by atoms with van der Waals surface area (Å²) in [7, 11) is 0. The predicted molar refractivity (Wildman–Crippen MR) is 74.9 cm³/mol. The lowest BCUT2D eigenvalue weighted by Crippen LogP contribution is -2.42. The van der Waals surface area contributed by atoms with Gasteiger partial charge in [0, 0.05) is 13.0 Å². The van der Waals surface area contributed by atoms with Gasteiger partial charge in [-0.3, -0.25) is 10.2 Å².